The number of hydrogen-bond donors (Lipinski definition) is 0. The molecule has 0 atom stereocenters. The Labute approximate surface area is 130 Å². The number of rotatable bonds is 1. The number of furan rings is 1. The van der Waals surface area contributed by atoms with Crippen molar-refractivity contribution in [2.24, 2.45) is 12.0 Å². The third-order valence-electron chi connectivity index (χ3n) is 3.55. The van der Waals surface area contributed by atoms with Crippen molar-refractivity contribution in [2.45, 2.75) is 0 Å². The first-order chi connectivity index (χ1) is 10.7. The van der Waals surface area contributed by atoms with Crippen molar-refractivity contribution < 1.29 is 9.21 Å². The lowest BCUT2D eigenvalue weighted by Crippen LogP contribution is -2.12. The summed E-state index contributed by atoms with van der Waals surface area (Å²) in [5.74, 6) is -0.1000. The zero-order valence-electron chi connectivity index (χ0n) is 11.8. The van der Waals surface area contributed by atoms with Crippen LogP contribution in [0.4, 0.5) is 0 Å². The molecular formula is C17H12N2O2S. The Bertz CT molecular complexity index is 1040. The van der Waals surface area contributed by atoms with Crippen molar-refractivity contribution in [2.75, 3.05) is 0 Å². The summed E-state index contributed by atoms with van der Waals surface area (Å²) in [4.78, 5) is 17.2. The molecule has 1 amide bonds. The average molecular weight is 308 g/mol. The fraction of sp³-hybridized carbons (Fsp3) is 0.0588. The molecule has 4 nitrogen and oxygen atoms in total. The highest BCUT2D eigenvalue weighted by molar-refractivity contribution is 7.16. The van der Waals surface area contributed by atoms with Crippen LogP contribution < -0.4 is 4.80 Å². The lowest BCUT2D eigenvalue weighted by Gasteiger charge is -1.93. The lowest BCUT2D eigenvalue weighted by molar-refractivity contribution is 0.0973. The molecule has 2 aromatic carbocycles. The van der Waals surface area contributed by atoms with E-state index in [1.165, 1.54) is 11.3 Å². The molecule has 0 aliphatic heterocycles. The lowest BCUT2D eigenvalue weighted by atomic mass is 10.2. The molecule has 0 bridgehead atoms. The zero-order valence-corrected chi connectivity index (χ0v) is 12.6. The second-order valence-corrected chi connectivity index (χ2v) is 5.99. The Morgan fingerprint density at radius 1 is 1.14 bits per heavy atom. The summed E-state index contributed by atoms with van der Waals surface area (Å²) in [6.07, 6.45) is 0. The van der Waals surface area contributed by atoms with E-state index in [1.807, 2.05) is 60.1 Å². The predicted octanol–water partition coefficient (Wildman–Crippen LogP) is 3.73. The quantitative estimate of drug-likeness (QED) is 0.538. The third kappa shape index (κ3) is 2.07. The molecule has 0 N–H and O–H groups in total. The van der Waals surface area contributed by atoms with E-state index < -0.39 is 0 Å². The van der Waals surface area contributed by atoms with Crippen LogP contribution in [-0.4, -0.2) is 10.5 Å². The number of para-hydroxylation sites is 2. The number of fused-ring (bicyclic) bond motifs is 2. The Morgan fingerprint density at radius 3 is 2.73 bits per heavy atom. The largest absolute Gasteiger partial charge is 0.451 e. The van der Waals surface area contributed by atoms with Crippen molar-refractivity contribution in [1.29, 1.82) is 0 Å². The average Bonchev–Trinajstić information content (AvgIpc) is 3.10. The third-order valence-corrected chi connectivity index (χ3v) is 4.66. The maximum Gasteiger partial charge on any atom is 0.315 e. The molecule has 22 heavy (non-hydrogen) atoms. The van der Waals surface area contributed by atoms with Gasteiger partial charge < -0.3 is 8.98 Å². The highest BCUT2D eigenvalue weighted by atomic mass is 32.1. The normalized spacial score (nSPS) is 12.3. The Kier molecular flexibility index (Phi) is 2.94. The number of hydrogen-bond acceptors (Lipinski definition) is 3. The van der Waals surface area contributed by atoms with Gasteiger partial charge in [-0.3, -0.25) is 4.79 Å². The summed E-state index contributed by atoms with van der Waals surface area (Å²) < 4.78 is 8.58. The van der Waals surface area contributed by atoms with E-state index in [0.717, 1.165) is 15.6 Å². The molecule has 2 heterocycles. The summed E-state index contributed by atoms with van der Waals surface area (Å²) in [6.45, 7) is 0. The number of nitrogens with zero attached hydrogens (tertiary/aromatic N) is 2. The van der Waals surface area contributed by atoms with Gasteiger partial charge in [0.15, 0.2) is 10.6 Å². The van der Waals surface area contributed by atoms with E-state index in [4.69, 9.17) is 4.42 Å². The number of thiazole rings is 1. The van der Waals surface area contributed by atoms with Crippen LogP contribution in [0.15, 0.2) is 64.0 Å². The molecule has 0 saturated heterocycles. The van der Waals surface area contributed by atoms with Gasteiger partial charge in [-0.15, -0.1) is 0 Å². The first kappa shape index (κ1) is 13.0. The van der Waals surface area contributed by atoms with Crippen molar-refractivity contribution in [3.05, 3.63) is 65.2 Å². The highest BCUT2D eigenvalue weighted by Crippen LogP contribution is 2.20. The number of amides is 1. The maximum absolute atomic E-state index is 12.3. The van der Waals surface area contributed by atoms with Crippen LogP contribution in [0.2, 0.25) is 0 Å². The minimum atomic E-state index is -0.363. The summed E-state index contributed by atoms with van der Waals surface area (Å²) >= 11 is 1.49. The molecule has 0 fully saturated rings. The van der Waals surface area contributed by atoms with Gasteiger partial charge in [0, 0.05) is 12.4 Å². The van der Waals surface area contributed by atoms with E-state index >= 15 is 0 Å². The van der Waals surface area contributed by atoms with E-state index in [0.29, 0.717) is 10.4 Å². The molecule has 2 aromatic heterocycles. The smallest absolute Gasteiger partial charge is 0.315 e. The van der Waals surface area contributed by atoms with E-state index in [9.17, 15) is 4.79 Å². The van der Waals surface area contributed by atoms with Gasteiger partial charge in [0.1, 0.15) is 5.58 Å². The van der Waals surface area contributed by atoms with Crippen LogP contribution in [0.3, 0.4) is 0 Å². The summed E-state index contributed by atoms with van der Waals surface area (Å²) in [7, 11) is 1.91. The van der Waals surface area contributed by atoms with E-state index in [1.54, 1.807) is 6.07 Å². The number of aryl methyl sites for hydroxylation is 1. The Hall–Kier alpha value is -2.66. The topological polar surface area (TPSA) is 47.5 Å². The SMILES string of the molecule is Cn1c(=NC(=O)c2cc3ccccc3o2)sc2ccccc21. The van der Waals surface area contributed by atoms with Gasteiger partial charge in [-0.25, -0.2) is 0 Å². The molecule has 108 valence electrons. The van der Waals surface area contributed by atoms with Crippen molar-refractivity contribution in [1.82, 2.24) is 4.57 Å². The van der Waals surface area contributed by atoms with Gasteiger partial charge in [-0.1, -0.05) is 41.7 Å². The van der Waals surface area contributed by atoms with Crippen molar-refractivity contribution >= 4 is 38.4 Å². The first-order valence-electron chi connectivity index (χ1n) is 6.84. The van der Waals surface area contributed by atoms with Gasteiger partial charge in [-0.2, -0.15) is 4.99 Å². The van der Waals surface area contributed by atoms with Gasteiger partial charge in [-0.05, 0) is 24.3 Å². The highest BCUT2D eigenvalue weighted by Gasteiger charge is 2.12. The van der Waals surface area contributed by atoms with Crippen LogP contribution in [0.5, 0.6) is 0 Å². The van der Waals surface area contributed by atoms with E-state index in [2.05, 4.69) is 4.99 Å². The number of carbonyl (C=O) groups excluding carboxylic acids is 1. The van der Waals surface area contributed by atoms with Gasteiger partial charge in [0.25, 0.3) is 0 Å². The Balaban J connectivity index is 1.83. The maximum atomic E-state index is 12.3. The van der Waals surface area contributed by atoms with Crippen LogP contribution in [0.25, 0.3) is 21.2 Å². The summed E-state index contributed by atoms with van der Waals surface area (Å²) in [5, 5.41) is 0.904. The van der Waals surface area contributed by atoms with Gasteiger partial charge in [0.05, 0.1) is 10.2 Å². The molecule has 4 rings (SSSR count). The molecule has 5 heteroatoms. The molecule has 4 aromatic rings. The zero-order chi connectivity index (χ0) is 15.1. The van der Waals surface area contributed by atoms with Gasteiger partial charge in [0.2, 0.25) is 0 Å². The van der Waals surface area contributed by atoms with Crippen molar-refractivity contribution in [3.63, 3.8) is 0 Å². The Morgan fingerprint density at radius 2 is 1.91 bits per heavy atom. The molecule has 0 saturated carbocycles. The summed E-state index contributed by atoms with van der Waals surface area (Å²) in [6, 6.07) is 17.2. The standard InChI is InChI=1S/C17H12N2O2S/c1-19-12-7-3-5-9-15(12)22-17(19)18-16(20)14-10-11-6-2-4-8-13(11)21-14/h2-10H,1H3. The fourth-order valence-corrected chi connectivity index (χ4v) is 3.43. The van der Waals surface area contributed by atoms with Crippen molar-refractivity contribution in [3.8, 4) is 0 Å². The number of aromatic nitrogens is 1. The molecule has 0 aliphatic carbocycles. The molecule has 0 radical (unpaired) electrons. The van der Waals surface area contributed by atoms with E-state index in [-0.39, 0.29) is 11.7 Å². The van der Waals surface area contributed by atoms with Crippen LogP contribution in [0.1, 0.15) is 10.6 Å². The first-order valence-corrected chi connectivity index (χ1v) is 7.66. The molecular weight excluding hydrogens is 296 g/mol. The van der Waals surface area contributed by atoms with Crippen LogP contribution >= 0.6 is 11.3 Å². The number of carbonyl (C=O) groups is 1. The van der Waals surface area contributed by atoms with Crippen LogP contribution in [-0.2, 0) is 7.05 Å². The molecule has 0 unspecified atom stereocenters. The van der Waals surface area contributed by atoms with Crippen LogP contribution in [0, 0.1) is 0 Å². The minimum Gasteiger partial charge on any atom is -0.451 e. The number of benzene rings is 2. The minimum absolute atomic E-state index is 0.263. The molecule has 0 aliphatic rings. The monoisotopic (exact) mass is 308 g/mol. The fourth-order valence-electron chi connectivity index (χ4n) is 2.42. The predicted molar refractivity (Wildman–Crippen MR) is 86.9 cm³/mol. The second-order valence-electron chi connectivity index (χ2n) is 4.98. The summed E-state index contributed by atoms with van der Waals surface area (Å²) in [5.41, 5.74) is 1.76. The van der Waals surface area contributed by atoms with Gasteiger partial charge >= 0.3 is 5.91 Å². The second kappa shape index (κ2) is 4.96. The molecule has 0 spiro atoms.